The largest absolute Gasteiger partial charge is 0.417 e. The number of benzene rings is 1. The van der Waals surface area contributed by atoms with Gasteiger partial charge in [-0.3, -0.25) is 4.98 Å². The predicted molar refractivity (Wildman–Crippen MR) is 79.6 cm³/mol. The summed E-state index contributed by atoms with van der Waals surface area (Å²) >= 11 is 5.54. The number of sulfonamides is 1. The van der Waals surface area contributed by atoms with E-state index in [4.69, 9.17) is 11.6 Å². The fourth-order valence-corrected chi connectivity index (χ4v) is 3.32. The van der Waals surface area contributed by atoms with Gasteiger partial charge in [-0.2, -0.15) is 13.2 Å². The highest BCUT2D eigenvalue weighted by atomic mass is 35.5. The van der Waals surface area contributed by atoms with Crippen LogP contribution in [0.1, 0.15) is 11.1 Å². The van der Waals surface area contributed by atoms with Gasteiger partial charge >= 0.3 is 6.18 Å². The third kappa shape index (κ3) is 4.66. The topological polar surface area (TPSA) is 59.1 Å². The summed E-state index contributed by atoms with van der Waals surface area (Å²) in [5.41, 5.74) is -0.527. The van der Waals surface area contributed by atoms with Crippen LogP contribution in [0.2, 0.25) is 5.02 Å². The molecule has 23 heavy (non-hydrogen) atoms. The van der Waals surface area contributed by atoms with Gasteiger partial charge in [0.2, 0.25) is 10.0 Å². The van der Waals surface area contributed by atoms with Crippen LogP contribution in [0.5, 0.6) is 0 Å². The molecule has 1 aromatic heterocycles. The minimum atomic E-state index is -4.82. The molecule has 0 radical (unpaired) electrons. The number of aromatic nitrogens is 1. The summed E-state index contributed by atoms with van der Waals surface area (Å²) in [6.45, 7) is -0.0477. The molecule has 1 aromatic carbocycles. The molecule has 0 aliphatic heterocycles. The third-order valence-electron chi connectivity index (χ3n) is 2.97. The van der Waals surface area contributed by atoms with Crippen LogP contribution in [0, 0.1) is 0 Å². The molecular formula is C14H12ClF3N2O2S. The molecule has 1 N–H and O–H groups in total. The Balaban J connectivity index is 2.20. The summed E-state index contributed by atoms with van der Waals surface area (Å²) in [7, 11) is -4.31. The van der Waals surface area contributed by atoms with Crippen LogP contribution in [0.3, 0.4) is 0 Å². The van der Waals surface area contributed by atoms with E-state index in [-0.39, 0.29) is 11.6 Å². The molecular weight excluding hydrogens is 353 g/mol. The number of hydrogen-bond acceptors (Lipinski definition) is 3. The highest BCUT2D eigenvalue weighted by molar-refractivity contribution is 7.89. The van der Waals surface area contributed by atoms with Crippen LogP contribution in [0.4, 0.5) is 13.2 Å². The summed E-state index contributed by atoms with van der Waals surface area (Å²) in [5, 5.41) is -0.188. The van der Waals surface area contributed by atoms with Crippen molar-refractivity contribution < 1.29 is 21.6 Å². The lowest BCUT2D eigenvalue weighted by Gasteiger charge is -2.14. The number of pyridine rings is 1. The van der Waals surface area contributed by atoms with Gasteiger partial charge in [0.1, 0.15) is 0 Å². The van der Waals surface area contributed by atoms with Crippen LogP contribution in [-0.4, -0.2) is 19.9 Å². The number of rotatable bonds is 5. The van der Waals surface area contributed by atoms with Crippen molar-refractivity contribution >= 4 is 21.6 Å². The quantitative estimate of drug-likeness (QED) is 0.885. The molecule has 0 atom stereocenters. The predicted octanol–water partition coefficient (Wildman–Crippen LogP) is 3.27. The van der Waals surface area contributed by atoms with Crippen LogP contribution in [-0.2, 0) is 22.6 Å². The second kappa shape index (κ2) is 6.86. The smallest absolute Gasteiger partial charge is 0.264 e. The zero-order chi connectivity index (χ0) is 17.1. The Morgan fingerprint density at radius 1 is 1.22 bits per heavy atom. The van der Waals surface area contributed by atoms with E-state index in [1.807, 2.05) is 0 Å². The fourth-order valence-electron chi connectivity index (χ4n) is 1.91. The lowest BCUT2D eigenvalue weighted by Crippen LogP contribution is -2.28. The van der Waals surface area contributed by atoms with E-state index in [0.29, 0.717) is 12.5 Å². The average molecular weight is 365 g/mol. The van der Waals surface area contributed by atoms with E-state index in [9.17, 15) is 21.6 Å². The molecule has 0 aliphatic carbocycles. The first-order valence-electron chi connectivity index (χ1n) is 6.45. The Morgan fingerprint density at radius 3 is 2.57 bits per heavy atom. The second-order valence-electron chi connectivity index (χ2n) is 4.65. The molecule has 0 spiro atoms. The molecule has 9 heteroatoms. The lowest BCUT2D eigenvalue weighted by atomic mass is 10.2. The average Bonchev–Trinajstić information content (AvgIpc) is 2.47. The summed E-state index contributed by atoms with van der Waals surface area (Å²) in [6.07, 6.45) is -1.39. The van der Waals surface area contributed by atoms with Gasteiger partial charge in [-0.1, -0.05) is 17.7 Å². The molecule has 0 amide bonds. The van der Waals surface area contributed by atoms with Gasteiger partial charge in [-0.05, 0) is 36.2 Å². The van der Waals surface area contributed by atoms with E-state index in [2.05, 4.69) is 9.71 Å². The van der Waals surface area contributed by atoms with Crippen molar-refractivity contribution in [3.8, 4) is 0 Å². The lowest BCUT2D eigenvalue weighted by molar-refractivity contribution is -0.139. The van der Waals surface area contributed by atoms with Gasteiger partial charge in [0.05, 0.1) is 10.5 Å². The third-order valence-corrected chi connectivity index (χ3v) is 4.72. The Kier molecular flexibility index (Phi) is 5.28. The van der Waals surface area contributed by atoms with E-state index in [0.717, 1.165) is 17.7 Å². The summed E-state index contributed by atoms with van der Waals surface area (Å²) in [4.78, 5) is 3.03. The van der Waals surface area contributed by atoms with Gasteiger partial charge in [-0.25, -0.2) is 13.1 Å². The van der Waals surface area contributed by atoms with Crippen molar-refractivity contribution in [2.45, 2.75) is 17.5 Å². The van der Waals surface area contributed by atoms with E-state index in [1.54, 1.807) is 24.5 Å². The van der Waals surface area contributed by atoms with Gasteiger partial charge in [-0.15, -0.1) is 0 Å². The van der Waals surface area contributed by atoms with Gasteiger partial charge in [0.25, 0.3) is 0 Å². The number of halogens is 4. The van der Waals surface area contributed by atoms with Crippen molar-refractivity contribution in [3.05, 3.63) is 58.9 Å². The highest BCUT2D eigenvalue weighted by Crippen LogP contribution is 2.35. The number of nitrogens with one attached hydrogen (secondary N) is 1. The molecule has 4 nitrogen and oxygen atoms in total. The molecule has 0 saturated heterocycles. The van der Waals surface area contributed by atoms with Crippen molar-refractivity contribution in [1.82, 2.24) is 9.71 Å². The second-order valence-corrected chi connectivity index (χ2v) is 6.82. The zero-order valence-electron chi connectivity index (χ0n) is 11.6. The Morgan fingerprint density at radius 2 is 1.96 bits per heavy atom. The molecule has 124 valence electrons. The summed E-state index contributed by atoms with van der Waals surface area (Å²) in [5.74, 6) is 0. The van der Waals surface area contributed by atoms with Gasteiger partial charge in [0, 0.05) is 24.0 Å². The summed E-state index contributed by atoms with van der Waals surface area (Å²) < 4.78 is 65.4. The van der Waals surface area contributed by atoms with Gasteiger partial charge in [0.15, 0.2) is 0 Å². The number of hydrogen-bond donors (Lipinski definition) is 1. The maximum Gasteiger partial charge on any atom is 0.417 e. The first kappa shape index (κ1) is 17.7. The van der Waals surface area contributed by atoms with Crippen molar-refractivity contribution in [2.24, 2.45) is 0 Å². The Hall–Kier alpha value is -1.64. The normalized spacial score (nSPS) is 12.3. The molecule has 1 heterocycles. The summed E-state index contributed by atoms with van der Waals surface area (Å²) in [6, 6.07) is 5.97. The van der Waals surface area contributed by atoms with Crippen LogP contribution < -0.4 is 4.72 Å². The van der Waals surface area contributed by atoms with Crippen molar-refractivity contribution in [1.29, 1.82) is 0 Å². The SMILES string of the molecule is O=S(=O)(NCCc1cccnc1)c1ccc(Cl)cc1C(F)(F)F. The molecule has 2 aromatic rings. The zero-order valence-corrected chi connectivity index (χ0v) is 13.2. The van der Waals surface area contributed by atoms with Crippen LogP contribution in [0.25, 0.3) is 0 Å². The Bertz CT molecular complexity index is 780. The fraction of sp³-hybridized carbons (Fsp3) is 0.214. The molecule has 0 bridgehead atoms. The van der Waals surface area contributed by atoms with Crippen LogP contribution >= 0.6 is 11.6 Å². The van der Waals surface area contributed by atoms with Crippen LogP contribution in [0.15, 0.2) is 47.6 Å². The van der Waals surface area contributed by atoms with E-state index >= 15 is 0 Å². The van der Waals surface area contributed by atoms with E-state index < -0.39 is 26.7 Å². The first-order chi connectivity index (χ1) is 10.7. The monoisotopic (exact) mass is 364 g/mol. The molecule has 0 unspecified atom stereocenters. The minimum Gasteiger partial charge on any atom is -0.264 e. The number of nitrogens with zero attached hydrogens (tertiary/aromatic N) is 1. The van der Waals surface area contributed by atoms with Crippen molar-refractivity contribution in [3.63, 3.8) is 0 Å². The molecule has 0 fully saturated rings. The standard InChI is InChI=1S/C14H12ClF3N2O2S/c15-11-3-4-13(12(8-11)14(16,17)18)23(21,22)20-7-5-10-2-1-6-19-9-10/h1-4,6,8-9,20H,5,7H2. The number of alkyl halides is 3. The van der Waals surface area contributed by atoms with E-state index in [1.165, 1.54) is 0 Å². The Labute approximate surface area is 136 Å². The molecule has 0 aliphatic rings. The molecule has 0 saturated carbocycles. The van der Waals surface area contributed by atoms with Gasteiger partial charge < -0.3 is 0 Å². The minimum absolute atomic E-state index is 0.0477. The maximum atomic E-state index is 13.0. The van der Waals surface area contributed by atoms with Crippen molar-refractivity contribution in [2.75, 3.05) is 6.54 Å². The first-order valence-corrected chi connectivity index (χ1v) is 8.31. The molecule has 2 rings (SSSR count). The highest BCUT2D eigenvalue weighted by Gasteiger charge is 2.37. The maximum absolute atomic E-state index is 13.0.